The number of amides is 1. The Balaban J connectivity index is 0.00000156. The number of rotatable bonds is 3. The van der Waals surface area contributed by atoms with Gasteiger partial charge in [-0.05, 0) is 31.7 Å². The summed E-state index contributed by atoms with van der Waals surface area (Å²) in [6.45, 7) is 10.1. The Morgan fingerprint density at radius 2 is 1.88 bits per heavy atom. The Kier molecular flexibility index (Phi) is 9.17. The second-order valence-electron chi connectivity index (χ2n) is 6.83. The Hall–Kier alpha value is -0.850. The normalized spacial score (nSPS) is 22.0. The molecule has 7 heteroatoms. The lowest BCUT2D eigenvalue weighted by Gasteiger charge is -2.34. The first-order valence-corrected chi connectivity index (χ1v) is 8.65. The highest BCUT2D eigenvalue weighted by Gasteiger charge is 2.24. The first-order valence-electron chi connectivity index (χ1n) is 8.65. The van der Waals surface area contributed by atoms with Gasteiger partial charge in [0, 0.05) is 64.0 Å². The van der Waals surface area contributed by atoms with E-state index in [9.17, 15) is 4.79 Å². The van der Waals surface area contributed by atoms with Crippen LogP contribution in [0.4, 0.5) is 0 Å². The molecule has 0 spiro atoms. The molecule has 2 heterocycles. The summed E-state index contributed by atoms with van der Waals surface area (Å²) >= 11 is 0. The number of carbonyl (C=O) groups excluding carboxylic acids is 1. The quantitative estimate of drug-likeness (QED) is 0.855. The molecule has 2 aliphatic rings. The zero-order valence-electron chi connectivity index (χ0n) is 15.1. The molecule has 2 aliphatic heterocycles. The maximum absolute atomic E-state index is 12.8. The van der Waals surface area contributed by atoms with Gasteiger partial charge < -0.3 is 15.1 Å². The van der Waals surface area contributed by atoms with Gasteiger partial charge in [-0.15, -0.1) is 24.8 Å². The number of benzene rings is 1. The van der Waals surface area contributed by atoms with E-state index in [-0.39, 0.29) is 36.8 Å². The highest BCUT2D eigenvalue weighted by molar-refractivity contribution is 5.94. The van der Waals surface area contributed by atoms with E-state index in [0.717, 1.165) is 57.9 Å². The highest BCUT2D eigenvalue weighted by atomic mass is 35.5. The molecular formula is C18H30Cl2N4O. The second-order valence-corrected chi connectivity index (χ2v) is 6.83. The minimum absolute atomic E-state index is 0. The molecule has 1 unspecified atom stereocenters. The van der Waals surface area contributed by atoms with Crippen molar-refractivity contribution in [3.8, 4) is 0 Å². The number of hydrogen-bond donors (Lipinski definition) is 1. The minimum atomic E-state index is 0. The molecule has 0 radical (unpaired) electrons. The maximum atomic E-state index is 12.8. The van der Waals surface area contributed by atoms with Crippen LogP contribution in [0.5, 0.6) is 0 Å². The van der Waals surface area contributed by atoms with Crippen molar-refractivity contribution in [3.05, 3.63) is 35.4 Å². The predicted octanol–water partition coefficient (Wildman–Crippen LogP) is 1.71. The number of nitrogens with one attached hydrogen (secondary N) is 1. The molecule has 5 nitrogen and oxygen atoms in total. The lowest BCUT2D eigenvalue weighted by Crippen LogP contribution is -2.52. The average Bonchev–Trinajstić information content (AvgIpc) is 2.57. The number of halogens is 2. The fraction of sp³-hybridized carbons (Fsp3) is 0.611. The van der Waals surface area contributed by atoms with Gasteiger partial charge in [-0.2, -0.15) is 0 Å². The molecule has 1 aromatic rings. The molecule has 2 saturated heterocycles. The van der Waals surface area contributed by atoms with Gasteiger partial charge in [0.05, 0.1) is 0 Å². The van der Waals surface area contributed by atoms with Crippen LogP contribution in [0.2, 0.25) is 0 Å². The van der Waals surface area contributed by atoms with Crippen LogP contribution in [0.1, 0.15) is 22.8 Å². The van der Waals surface area contributed by atoms with Crippen LogP contribution >= 0.6 is 24.8 Å². The largest absolute Gasteiger partial charge is 0.333 e. The second kappa shape index (κ2) is 10.3. The Labute approximate surface area is 163 Å². The van der Waals surface area contributed by atoms with Crippen molar-refractivity contribution >= 4 is 30.7 Å². The first kappa shape index (κ1) is 22.2. The van der Waals surface area contributed by atoms with Gasteiger partial charge in [-0.25, -0.2) is 0 Å². The van der Waals surface area contributed by atoms with E-state index in [4.69, 9.17) is 0 Å². The number of piperazine rings is 2. The van der Waals surface area contributed by atoms with Gasteiger partial charge in [-0.3, -0.25) is 9.69 Å². The van der Waals surface area contributed by atoms with E-state index in [1.807, 2.05) is 17.0 Å². The van der Waals surface area contributed by atoms with Crippen molar-refractivity contribution in [1.82, 2.24) is 20.0 Å². The summed E-state index contributed by atoms with van der Waals surface area (Å²) in [6.07, 6.45) is 0. The van der Waals surface area contributed by atoms with Gasteiger partial charge in [0.25, 0.3) is 5.91 Å². The van der Waals surface area contributed by atoms with Crippen LogP contribution in [0, 0.1) is 0 Å². The van der Waals surface area contributed by atoms with Crippen LogP contribution in [0.25, 0.3) is 0 Å². The van der Waals surface area contributed by atoms with Gasteiger partial charge in [0.2, 0.25) is 0 Å². The maximum Gasteiger partial charge on any atom is 0.254 e. The third kappa shape index (κ3) is 5.83. The summed E-state index contributed by atoms with van der Waals surface area (Å²) < 4.78 is 0. The average molecular weight is 389 g/mol. The summed E-state index contributed by atoms with van der Waals surface area (Å²) in [7, 11) is 2.17. The van der Waals surface area contributed by atoms with Crippen molar-refractivity contribution in [2.24, 2.45) is 0 Å². The van der Waals surface area contributed by atoms with E-state index in [0.29, 0.717) is 0 Å². The van der Waals surface area contributed by atoms with E-state index in [2.05, 4.69) is 41.2 Å². The van der Waals surface area contributed by atoms with Gasteiger partial charge in [0.15, 0.2) is 0 Å². The smallest absolute Gasteiger partial charge is 0.254 e. The van der Waals surface area contributed by atoms with E-state index < -0.39 is 0 Å². The molecular weight excluding hydrogens is 359 g/mol. The van der Waals surface area contributed by atoms with Gasteiger partial charge in [-0.1, -0.05) is 12.1 Å². The van der Waals surface area contributed by atoms with Crippen molar-refractivity contribution in [3.63, 3.8) is 0 Å². The lowest BCUT2D eigenvalue weighted by molar-refractivity contribution is 0.0655. The zero-order chi connectivity index (χ0) is 16.2. The van der Waals surface area contributed by atoms with Crippen LogP contribution in [-0.4, -0.2) is 79.5 Å². The van der Waals surface area contributed by atoms with Crippen LogP contribution in [0.15, 0.2) is 24.3 Å². The summed E-state index contributed by atoms with van der Waals surface area (Å²) in [5.74, 6) is 0.166. The molecule has 0 saturated carbocycles. The zero-order valence-corrected chi connectivity index (χ0v) is 16.7. The third-order valence-electron chi connectivity index (χ3n) is 4.94. The van der Waals surface area contributed by atoms with Crippen LogP contribution in [0.3, 0.4) is 0 Å². The van der Waals surface area contributed by atoms with Crippen molar-refractivity contribution in [1.29, 1.82) is 0 Å². The van der Waals surface area contributed by atoms with Crippen molar-refractivity contribution < 1.29 is 4.79 Å². The third-order valence-corrected chi connectivity index (χ3v) is 4.94. The van der Waals surface area contributed by atoms with E-state index in [1.165, 1.54) is 5.56 Å². The number of carbonyl (C=O) groups is 1. The standard InChI is InChI=1S/C18H28N4O.2ClH/c1-15-13-19-6-7-22(15)18(23)17-5-3-4-16(12-17)14-21-10-8-20(2)9-11-21;;/h3-5,12,15,19H,6-11,13-14H2,1-2H3;2*1H. The van der Waals surface area contributed by atoms with Crippen molar-refractivity contribution in [2.75, 3.05) is 52.9 Å². The van der Waals surface area contributed by atoms with E-state index in [1.54, 1.807) is 0 Å². The number of likely N-dealkylation sites (N-methyl/N-ethyl adjacent to an activating group) is 1. The SMILES string of the molecule is CC1CNCCN1C(=O)c1cccc(CN2CCN(C)CC2)c1.Cl.Cl. The Bertz CT molecular complexity index is 550. The monoisotopic (exact) mass is 388 g/mol. The molecule has 1 N–H and O–H groups in total. The molecule has 142 valence electrons. The van der Waals surface area contributed by atoms with Gasteiger partial charge >= 0.3 is 0 Å². The number of nitrogens with zero attached hydrogens (tertiary/aromatic N) is 3. The van der Waals surface area contributed by atoms with Crippen LogP contribution in [-0.2, 0) is 6.54 Å². The molecule has 25 heavy (non-hydrogen) atoms. The highest BCUT2D eigenvalue weighted by Crippen LogP contribution is 2.14. The molecule has 1 atom stereocenters. The molecule has 2 fully saturated rings. The minimum Gasteiger partial charge on any atom is -0.333 e. The molecule has 0 bridgehead atoms. The molecule has 0 aliphatic carbocycles. The fourth-order valence-corrected chi connectivity index (χ4v) is 3.38. The molecule has 1 aromatic carbocycles. The van der Waals surface area contributed by atoms with Crippen LogP contribution < -0.4 is 5.32 Å². The summed E-state index contributed by atoms with van der Waals surface area (Å²) in [4.78, 5) is 19.6. The topological polar surface area (TPSA) is 38.8 Å². The first-order chi connectivity index (χ1) is 11.1. The fourth-order valence-electron chi connectivity index (χ4n) is 3.38. The summed E-state index contributed by atoms with van der Waals surface area (Å²) in [5, 5.41) is 3.34. The molecule has 1 amide bonds. The predicted molar refractivity (Wildman–Crippen MR) is 107 cm³/mol. The lowest BCUT2D eigenvalue weighted by atomic mass is 10.1. The number of hydrogen-bond acceptors (Lipinski definition) is 4. The Morgan fingerprint density at radius 1 is 1.16 bits per heavy atom. The van der Waals surface area contributed by atoms with E-state index >= 15 is 0 Å². The Morgan fingerprint density at radius 3 is 2.56 bits per heavy atom. The summed E-state index contributed by atoms with van der Waals surface area (Å²) in [5.41, 5.74) is 2.06. The van der Waals surface area contributed by atoms with Crippen molar-refractivity contribution in [2.45, 2.75) is 19.5 Å². The molecule has 3 rings (SSSR count). The van der Waals surface area contributed by atoms with Gasteiger partial charge in [0.1, 0.15) is 0 Å². The molecule has 0 aromatic heterocycles. The summed E-state index contributed by atoms with van der Waals surface area (Å²) in [6, 6.07) is 8.44.